The van der Waals surface area contributed by atoms with Gasteiger partial charge in [0, 0.05) is 11.8 Å². The van der Waals surface area contributed by atoms with E-state index in [1.165, 1.54) is 6.07 Å². The molecular weight excluding hydrogens is 362 g/mol. The van der Waals surface area contributed by atoms with E-state index in [-0.39, 0.29) is 30.1 Å². The number of rotatable bonds is 4. The highest BCUT2D eigenvalue weighted by Gasteiger charge is 2.24. The van der Waals surface area contributed by atoms with Crippen LogP contribution in [0.5, 0.6) is 5.75 Å². The molecule has 4 nitrogen and oxygen atoms in total. The average molecular weight is 383 g/mol. The topological polar surface area (TPSA) is 64.3 Å². The highest BCUT2D eigenvalue weighted by atomic mass is 35.5. The van der Waals surface area contributed by atoms with Gasteiger partial charge >= 0.3 is 0 Å². The maximum Gasteiger partial charge on any atom is 0.261 e. The minimum atomic E-state index is -1.01. The van der Waals surface area contributed by atoms with Gasteiger partial charge in [-0.3, -0.25) is 4.79 Å². The van der Waals surface area contributed by atoms with Crippen LogP contribution in [0.3, 0.4) is 0 Å². The summed E-state index contributed by atoms with van der Waals surface area (Å²) in [5.74, 6) is -2.16. The second-order valence-corrected chi connectivity index (χ2v) is 6.25. The summed E-state index contributed by atoms with van der Waals surface area (Å²) in [6, 6.07) is 8.79. The van der Waals surface area contributed by atoms with Crippen LogP contribution in [0.15, 0.2) is 36.4 Å². The van der Waals surface area contributed by atoms with E-state index in [9.17, 15) is 13.6 Å². The van der Waals surface area contributed by atoms with Crippen LogP contribution in [0.25, 0.3) is 0 Å². The molecule has 0 radical (unpaired) electrons. The molecule has 0 saturated carbocycles. The molecule has 2 aromatic carbocycles. The zero-order valence-corrected chi connectivity index (χ0v) is 15.1. The first-order valence-corrected chi connectivity index (χ1v) is 8.24. The van der Waals surface area contributed by atoms with Gasteiger partial charge in [0.2, 0.25) is 0 Å². The monoisotopic (exact) mass is 382 g/mol. The minimum absolute atomic E-state index is 0. The molecule has 1 aliphatic carbocycles. The van der Waals surface area contributed by atoms with Crippen molar-refractivity contribution in [2.24, 2.45) is 0 Å². The van der Waals surface area contributed by atoms with E-state index < -0.39 is 17.7 Å². The summed E-state index contributed by atoms with van der Waals surface area (Å²) in [5.41, 5.74) is 8.74. The van der Waals surface area contributed by atoms with E-state index in [1.54, 1.807) is 6.92 Å². The van der Waals surface area contributed by atoms with E-state index in [1.807, 2.05) is 18.2 Å². The molecule has 2 unspecified atom stereocenters. The first kappa shape index (κ1) is 20.0. The Kier molecular flexibility index (Phi) is 6.42. The van der Waals surface area contributed by atoms with Crippen LogP contribution in [-0.2, 0) is 11.2 Å². The van der Waals surface area contributed by atoms with Crippen molar-refractivity contribution >= 4 is 24.0 Å². The quantitative estimate of drug-likeness (QED) is 0.787. The summed E-state index contributed by atoms with van der Waals surface area (Å²) < 4.78 is 31.6. The maximum atomic E-state index is 13.2. The van der Waals surface area contributed by atoms with Gasteiger partial charge in [-0.05, 0) is 61.6 Å². The average Bonchev–Trinajstić information content (AvgIpc) is 2.58. The number of nitrogen functional groups attached to an aromatic ring is 1. The fourth-order valence-electron chi connectivity index (χ4n) is 3.08. The van der Waals surface area contributed by atoms with Gasteiger partial charge in [0.25, 0.3) is 5.91 Å². The number of amides is 1. The Labute approximate surface area is 157 Å². The van der Waals surface area contributed by atoms with Gasteiger partial charge in [-0.25, -0.2) is 8.78 Å². The summed E-state index contributed by atoms with van der Waals surface area (Å²) in [7, 11) is 0. The van der Waals surface area contributed by atoms with Crippen molar-refractivity contribution in [3.05, 3.63) is 59.2 Å². The Morgan fingerprint density at radius 1 is 1.23 bits per heavy atom. The number of carbonyl (C=O) groups excluding carboxylic acids is 1. The molecule has 0 saturated heterocycles. The van der Waals surface area contributed by atoms with Crippen LogP contribution in [0.1, 0.15) is 36.9 Å². The highest BCUT2D eigenvalue weighted by Crippen LogP contribution is 2.31. The fraction of sp³-hybridized carbons (Fsp3) is 0.316. The van der Waals surface area contributed by atoms with Crippen molar-refractivity contribution in [1.29, 1.82) is 0 Å². The third-order valence-electron chi connectivity index (χ3n) is 4.37. The van der Waals surface area contributed by atoms with Crippen molar-refractivity contribution in [2.45, 2.75) is 38.3 Å². The highest BCUT2D eigenvalue weighted by molar-refractivity contribution is 5.85. The first-order valence-electron chi connectivity index (χ1n) is 8.24. The van der Waals surface area contributed by atoms with E-state index in [4.69, 9.17) is 10.5 Å². The Hall–Kier alpha value is -2.34. The van der Waals surface area contributed by atoms with Crippen molar-refractivity contribution in [1.82, 2.24) is 5.32 Å². The van der Waals surface area contributed by atoms with E-state index >= 15 is 0 Å². The largest absolute Gasteiger partial charge is 0.481 e. The van der Waals surface area contributed by atoms with Crippen molar-refractivity contribution in [3.63, 3.8) is 0 Å². The van der Waals surface area contributed by atoms with E-state index in [0.717, 1.165) is 42.5 Å². The molecule has 1 amide bonds. The molecule has 2 atom stereocenters. The molecule has 26 heavy (non-hydrogen) atoms. The van der Waals surface area contributed by atoms with Crippen LogP contribution in [0, 0.1) is 11.6 Å². The summed E-state index contributed by atoms with van der Waals surface area (Å²) >= 11 is 0. The standard InChI is InChI=1S/C19H20F2N2O2.ClH/c1-11(25-14-6-8-16(20)17(21)10-14)19(24)23-18-4-2-3-12-9-13(22)5-7-15(12)18;/h5-11,18H,2-4,22H2,1H3,(H,23,24);1H. The molecule has 2 aromatic rings. The molecule has 0 aliphatic heterocycles. The summed E-state index contributed by atoms with van der Waals surface area (Å²) in [6.07, 6.45) is 1.90. The number of fused-ring (bicyclic) bond motifs is 1. The molecular formula is C19H21ClF2N2O2. The number of nitrogens with two attached hydrogens (primary N) is 1. The van der Waals surface area contributed by atoms with E-state index in [0.29, 0.717) is 5.69 Å². The number of carbonyl (C=O) groups is 1. The Morgan fingerprint density at radius 3 is 2.73 bits per heavy atom. The van der Waals surface area contributed by atoms with Crippen LogP contribution in [0.2, 0.25) is 0 Å². The molecule has 0 aromatic heterocycles. The molecule has 1 aliphatic rings. The number of hydrogen-bond acceptors (Lipinski definition) is 3. The Bertz CT molecular complexity index is 801. The molecule has 0 fully saturated rings. The van der Waals surface area contributed by atoms with Crippen LogP contribution >= 0.6 is 12.4 Å². The van der Waals surface area contributed by atoms with Crippen LogP contribution in [-0.4, -0.2) is 12.0 Å². The number of hydrogen-bond donors (Lipinski definition) is 2. The normalized spacial score (nSPS) is 16.8. The lowest BCUT2D eigenvalue weighted by Gasteiger charge is -2.28. The lowest BCUT2D eigenvalue weighted by atomic mass is 9.87. The fourth-order valence-corrected chi connectivity index (χ4v) is 3.08. The summed E-state index contributed by atoms with van der Waals surface area (Å²) in [4.78, 5) is 12.4. The van der Waals surface area contributed by atoms with Gasteiger partial charge in [0.15, 0.2) is 17.7 Å². The van der Waals surface area contributed by atoms with Crippen molar-refractivity contribution in [2.75, 3.05) is 5.73 Å². The zero-order valence-electron chi connectivity index (χ0n) is 14.3. The smallest absolute Gasteiger partial charge is 0.261 e. The van der Waals surface area contributed by atoms with Gasteiger partial charge < -0.3 is 15.8 Å². The second-order valence-electron chi connectivity index (χ2n) is 6.25. The molecule has 7 heteroatoms. The van der Waals surface area contributed by atoms with E-state index in [2.05, 4.69) is 5.32 Å². The molecule has 0 bridgehead atoms. The summed E-state index contributed by atoms with van der Waals surface area (Å²) in [5, 5.41) is 2.97. The van der Waals surface area contributed by atoms with Gasteiger partial charge in [-0.15, -0.1) is 12.4 Å². The number of ether oxygens (including phenoxy) is 1. The number of benzene rings is 2. The number of halogens is 3. The molecule has 0 spiro atoms. The number of anilines is 1. The first-order chi connectivity index (χ1) is 11.9. The van der Waals surface area contributed by atoms with Crippen molar-refractivity contribution in [3.8, 4) is 5.75 Å². The van der Waals surface area contributed by atoms with Crippen molar-refractivity contribution < 1.29 is 18.3 Å². The summed E-state index contributed by atoms with van der Waals surface area (Å²) in [6.45, 7) is 1.57. The number of nitrogens with one attached hydrogen (secondary N) is 1. The molecule has 3 rings (SSSR count). The van der Waals surface area contributed by atoms with Gasteiger partial charge in [0.05, 0.1) is 6.04 Å². The second kappa shape index (κ2) is 8.36. The molecule has 0 heterocycles. The van der Waals surface area contributed by atoms with Crippen LogP contribution < -0.4 is 15.8 Å². The maximum absolute atomic E-state index is 13.2. The lowest BCUT2D eigenvalue weighted by Crippen LogP contribution is -2.39. The third-order valence-corrected chi connectivity index (χ3v) is 4.37. The van der Waals surface area contributed by atoms with Crippen LogP contribution in [0.4, 0.5) is 14.5 Å². The predicted octanol–water partition coefficient (Wildman–Crippen LogP) is 3.93. The molecule has 3 N–H and O–H groups in total. The SMILES string of the molecule is CC(Oc1ccc(F)c(F)c1)C(=O)NC1CCCc2cc(N)ccc21.Cl. The third kappa shape index (κ3) is 4.43. The predicted molar refractivity (Wildman–Crippen MR) is 98.4 cm³/mol. The number of aryl methyl sites for hydroxylation is 1. The Morgan fingerprint density at radius 2 is 2.00 bits per heavy atom. The zero-order chi connectivity index (χ0) is 18.0. The van der Waals surface area contributed by atoms with Gasteiger partial charge in [-0.1, -0.05) is 6.07 Å². The minimum Gasteiger partial charge on any atom is -0.481 e. The molecule has 140 valence electrons. The van der Waals surface area contributed by atoms with Gasteiger partial charge in [-0.2, -0.15) is 0 Å². The Balaban J connectivity index is 0.00000243. The van der Waals surface area contributed by atoms with Gasteiger partial charge in [0.1, 0.15) is 5.75 Å². The lowest BCUT2D eigenvalue weighted by molar-refractivity contribution is -0.128.